The average molecular weight is 488 g/mol. The van der Waals surface area contributed by atoms with Gasteiger partial charge in [-0.3, -0.25) is 9.89 Å². The second-order valence-electron chi connectivity index (χ2n) is 10.6. The van der Waals surface area contributed by atoms with Crippen LogP contribution in [-0.4, -0.2) is 37.3 Å². The van der Waals surface area contributed by atoms with Crippen LogP contribution in [0.2, 0.25) is 0 Å². The molecule has 0 saturated heterocycles. The SMILES string of the molecule is C[C@@H](NC(=O)c1nc(C(C)(C)C)no1)c1ccc(-c2ccnc3[nH]nc(NC4CCCCC4)c23)cc1. The van der Waals surface area contributed by atoms with E-state index in [9.17, 15) is 4.79 Å². The molecule has 0 spiro atoms. The molecule has 0 radical (unpaired) electrons. The van der Waals surface area contributed by atoms with Crippen molar-refractivity contribution in [2.75, 3.05) is 5.32 Å². The Kier molecular flexibility index (Phi) is 6.47. The summed E-state index contributed by atoms with van der Waals surface area (Å²) >= 11 is 0. The molecule has 1 aromatic carbocycles. The number of aromatic nitrogens is 5. The van der Waals surface area contributed by atoms with E-state index < -0.39 is 0 Å². The second kappa shape index (κ2) is 9.72. The highest BCUT2D eigenvalue weighted by molar-refractivity contribution is 6.00. The Hall–Kier alpha value is -3.75. The van der Waals surface area contributed by atoms with Crippen molar-refractivity contribution in [1.29, 1.82) is 0 Å². The predicted molar refractivity (Wildman–Crippen MR) is 139 cm³/mol. The van der Waals surface area contributed by atoms with Crippen molar-refractivity contribution in [1.82, 2.24) is 30.6 Å². The summed E-state index contributed by atoms with van der Waals surface area (Å²) in [6.07, 6.45) is 7.96. The molecule has 3 heterocycles. The Labute approximate surface area is 210 Å². The van der Waals surface area contributed by atoms with Crippen molar-refractivity contribution in [3.05, 3.63) is 53.8 Å². The Morgan fingerprint density at radius 2 is 1.86 bits per heavy atom. The van der Waals surface area contributed by atoms with Crippen molar-refractivity contribution in [3.63, 3.8) is 0 Å². The molecule has 3 aromatic heterocycles. The van der Waals surface area contributed by atoms with Crippen LogP contribution in [0.25, 0.3) is 22.2 Å². The quantitative estimate of drug-likeness (QED) is 0.326. The molecule has 0 aliphatic heterocycles. The fourth-order valence-electron chi connectivity index (χ4n) is 4.65. The number of amides is 1. The lowest BCUT2D eigenvalue weighted by Crippen LogP contribution is -2.27. The fraction of sp³-hybridized carbons (Fsp3) is 0.444. The summed E-state index contributed by atoms with van der Waals surface area (Å²) in [5.74, 6) is 0.951. The first-order valence-electron chi connectivity index (χ1n) is 12.6. The predicted octanol–water partition coefficient (Wildman–Crippen LogP) is 5.54. The Morgan fingerprint density at radius 1 is 1.11 bits per heavy atom. The van der Waals surface area contributed by atoms with Gasteiger partial charge in [0.05, 0.1) is 11.4 Å². The zero-order valence-corrected chi connectivity index (χ0v) is 21.3. The fourth-order valence-corrected chi connectivity index (χ4v) is 4.65. The first-order valence-corrected chi connectivity index (χ1v) is 12.6. The van der Waals surface area contributed by atoms with Crippen LogP contribution < -0.4 is 10.6 Å². The average Bonchev–Trinajstić information content (AvgIpc) is 3.53. The molecule has 9 heteroatoms. The highest BCUT2D eigenvalue weighted by Crippen LogP contribution is 2.33. The normalized spacial score (nSPS) is 15.7. The maximum atomic E-state index is 12.6. The smallest absolute Gasteiger partial charge is 0.315 e. The number of rotatable bonds is 6. The van der Waals surface area contributed by atoms with E-state index in [0.29, 0.717) is 11.9 Å². The van der Waals surface area contributed by atoms with Crippen LogP contribution in [0.5, 0.6) is 0 Å². The molecule has 1 saturated carbocycles. The van der Waals surface area contributed by atoms with Gasteiger partial charge in [-0.2, -0.15) is 10.1 Å². The van der Waals surface area contributed by atoms with Gasteiger partial charge in [0.25, 0.3) is 0 Å². The lowest BCUT2D eigenvalue weighted by molar-refractivity contribution is 0.0895. The van der Waals surface area contributed by atoms with E-state index in [0.717, 1.165) is 33.5 Å². The second-order valence-corrected chi connectivity index (χ2v) is 10.6. The molecular weight excluding hydrogens is 454 g/mol. The van der Waals surface area contributed by atoms with E-state index in [1.165, 1.54) is 32.1 Å². The molecule has 5 rings (SSSR count). The third-order valence-electron chi connectivity index (χ3n) is 6.77. The van der Waals surface area contributed by atoms with Crippen LogP contribution in [0.3, 0.4) is 0 Å². The molecule has 1 amide bonds. The molecule has 4 aromatic rings. The number of H-pyrrole nitrogens is 1. The highest BCUT2D eigenvalue weighted by atomic mass is 16.5. The molecule has 1 aliphatic carbocycles. The Balaban J connectivity index is 1.33. The summed E-state index contributed by atoms with van der Waals surface area (Å²) in [7, 11) is 0. The maximum Gasteiger partial charge on any atom is 0.315 e. The van der Waals surface area contributed by atoms with Gasteiger partial charge in [0.2, 0.25) is 0 Å². The molecule has 9 nitrogen and oxygen atoms in total. The molecular formula is C27H33N7O2. The zero-order valence-electron chi connectivity index (χ0n) is 21.3. The van der Waals surface area contributed by atoms with Gasteiger partial charge in [-0.05, 0) is 42.5 Å². The number of fused-ring (bicyclic) bond motifs is 1. The van der Waals surface area contributed by atoms with Crippen molar-refractivity contribution >= 4 is 22.8 Å². The van der Waals surface area contributed by atoms with Crippen molar-refractivity contribution in [3.8, 4) is 11.1 Å². The molecule has 188 valence electrons. The van der Waals surface area contributed by atoms with Gasteiger partial charge in [0, 0.05) is 17.7 Å². The summed E-state index contributed by atoms with van der Waals surface area (Å²) in [5.41, 5.74) is 3.58. The van der Waals surface area contributed by atoms with Gasteiger partial charge >= 0.3 is 11.8 Å². The van der Waals surface area contributed by atoms with E-state index in [2.05, 4.69) is 48.1 Å². The van der Waals surface area contributed by atoms with Gasteiger partial charge in [-0.25, -0.2) is 4.98 Å². The van der Waals surface area contributed by atoms with Crippen LogP contribution in [0.4, 0.5) is 5.82 Å². The number of carbonyl (C=O) groups is 1. The molecule has 3 N–H and O–H groups in total. The number of hydrogen-bond acceptors (Lipinski definition) is 7. The van der Waals surface area contributed by atoms with E-state index in [1.807, 2.05) is 45.9 Å². The molecule has 1 aliphatic rings. The molecule has 0 bridgehead atoms. The number of carbonyl (C=O) groups excluding carboxylic acids is 1. The van der Waals surface area contributed by atoms with E-state index >= 15 is 0 Å². The van der Waals surface area contributed by atoms with Crippen LogP contribution in [0.1, 0.15) is 87.9 Å². The molecule has 1 fully saturated rings. The van der Waals surface area contributed by atoms with Crippen LogP contribution in [-0.2, 0) is 5.41 Å². The lowest BCUT2D eigenvalue weighted by atomic mass is 9.95. The Morgan fingerprint density at radius 3 is 2.56 bits per heavy atom. The minimum atomic E-state index is -0.387. The van der Waals surface area contributed by atoms with Gasteiger partial charge in [0.15, 0.2) is 17.3 Å². The first-order chi connectivity index (χ1) is 17.3. The number of nitrogens with one attached hydrogen (secondary N) is 3. The number of hydrogen-bond donors (Lipinski definition) is 3. The monoisotopic (exact) mass is 487 g/mol. The largest absolute Gasteiger partial charge is 0.365 e. The van der Waals surface area contributed by atoms with Gasteiger partial charge < -0.3 is 15.2 Å². The van der Waals surface area contributed by atoms with Crippen molar-refractivity contribution < 1.29 is 9.32 Å². The minimum absolute atomic E-state index is 0.0273. The number of aromatic amines is 1. The zero-order chi connectivity index (χ0) is 25.3. The van der Waals surface area contributed by atoms with Crippen LogP contribution in [0.15, 0.2) is 41.1 Å². The molecule has 0 unspecified atom stereocenters. The maximum absolute atomic E-state index is 12.6. The summed E-state index contributed by atoms with van der Waals surface area (Å²) in [6.45, 7) is 7.84. The molecule has 1 atom stereocenters. The van der Waals surface area contributed by atoms with E-state index in [1.54, 1.807) is 6.20 Å². The van der Waals surface area contributed by atoms with Gasteiger partial charge in [-0.15, -0.1) is 0 Å². The first kappa shape index (κ1) is 24.0. The van der Waals surface area contributed by atoms with E-state index in [-0.39, 0.29) is 23.3 Å². The molecule has 36 heavy (non-hydrogen) atoms. The number of nitrogens with zero attached hydrogens (tertiary/aromatic N) is 4. The topological polar surface area (TPSA) is 122 Å². The summed E-state index contributed by atoms with van der Waals surface area (Å²) in [4.78, 5) is 21.4. The van der Waals surface area contributed by atoms with Crippen molar-refractivity contribution in [2.45, 2.75) is 77.3 Å². The van der Waals surface area contributed by atoms with Gasteiger partial charge in [-0.1, -0.05) is 69.5 Å². The summed E-state index contributed by atoms with van der Waals surface area (Å²) in [5, 5.41) is 19.1. The third kappa shape index (κ3) is 4.96. The highest BCUT2D eigenvalue weighted by Gasteiger charge is 2.25. The minimum Gasteiger partial charge on any atom is -0.365 e. The van der Waals surface area contributed by atoms with Crippen molar-refractivity contribution in [2.24, 2.45) is 0 Å². The van der Waals surface area contributed by atoms with Crippen LogP contribution >= 0.6 is 0 Å². The number of pyridine rings is 1. The van der Waals surface area contributed by atoms with Gasteiger partial charge in [0.1, 0.15) is 0 Å². The van der Waals surface area contributed by atoms with Crippen LogP contribution in [0, 0.1) is 0 Å². The van der Waals surface area contributed by atoms with E-state index in [4.69, 9.17) is 4.52 Å². The number of anilines is 1. The third-order valence-corrected chi connectivity index (χ3v) is 6.77. The summed E-state index contributed by atoms with van der Waals surface area (Å²) in [6, 6.07) is 10.4. The lowest BCUT2D eigenvalue weighted by Gasteiger charge is -2.23. The number of benzene rings is 1. The summed E-state index contributed by atoms with van der Waals surface area (Å²) < 4.78 is 5.17. The standard InChI is InChI=1S/C27H33N7O2/c1-16(29-24(35)25-31-26(34-36-25)27(2,3)4)17-10-12-18(13-11-17)20-14-15-28-22-21(20)23(33-32-22)30-19-8-6-5-7-9-19/h10-16,19H,5-9H2,1-4H3,(H,29,35)(H2,28,30,32,33)/t16-/m1/s1. The Bertz CT molecular complexity index is 1340.